The fourth-order valence-corrected chi connectivity index (χ4v) is 2.59. The summed E-state index contributed by atoms with van der Waals surface area (Å²) in [4.78, 5) is 12.9. The van der Waals surface area contributed by atoms with Crippen LogP contribution in [0.2, 0.25) is 0 Å². The first-order chi connectivity index (χ1) is 7.69. The Morgan fingerprint density at radius 1 is 1.44 bits per heavy atom. The van der Waals surface area contributed by atoms with Gasteiger partial charge < -0.3 is 9.84 Å². The predicted octanol–water partition coefficient (Wildman–Crippen LogP) is 1.74. The van der Waals surface area contributed by atoms with Crippen LogP contribution in [0.25, 0.3) is 0 Å². The lowest BCUT2D eigenvalue weighted by atomic mass is 9.91. The van der Waals surface area contributed by atoms with Crippen LogP contribution in [0.5, 0.6) is 0 Å². The summed E-state index contributed by atoms with van der Waals surface area (Å²) in [5, 5.41) is 8.92. The average Bonchev–Trinajstić information content (AvgIpc) is 2.28. The second-order valence-electron chi connectivity index (χ2n) is 4.49. The molecule has 0 bridgehead atoms. The van der Waals surface area contributed by atoms with Gasteiger partial charge in [-0.3, -0.25) is 9.69 Å². The number of methoxy groups -OCH3 is 1. The van der Waals surface area contributed by atoms with Gasteiger partial charge in [-0.05, 0) is 25.8 Å². The van der Waals surface area contributed by atoms with E-state index in [-0.39, 0.29) is 18.7 Å². The van der Waals surface area contributed by atoms with E-state index in [2.05, 4.69) is 11.8 Å². The lowest BCUT2D eigenvalue weighted by Crippen LogP contribution is -2.48. The third-order valence-electron chi connectivity index (χ3n) is 3.29. The Hall–Kier alpha value is -0.610. The molecule has 0 saturated heterocycles. The molecule has 2 atom stereocenters. The van der Waals surface area contributed by atoms with Crippen molar-refractivity contribution >= 4 is 5.97 Å². The fourth-order valence-electron chi connectivity index (χ4n) is 2.59. The predicted molar refractivity (Wildman–Crippen MR) is 62.6 cm³/mol. The van der Waals surface area contributed by atoms with Gasteiger partial charge in [-0.15, -0.1) is 0 Å². The molecule has 1 saturated carbocycles. The normalized spacial score (nSPS) is 25.9. The van der Waals surface area contributed by atoms with Crippen molar-refractivity contribution in [2.75, 3.05) is 20.2 Å². The maximum absolute atomic E-state index is 10.8. The van der Waals surface area contributed by atoms with Crippen LogP contribution in [0.1, 0.15) is 39.0 Å². The Morgan fingerprint density at radius 3 is 2.69 bits per heavy atom. The summed E-state index contributed by atoms with van der Waals surface area (Å²) < 4.78 is 5.48. The van der Waals surface area contributed by atoms with Gasteiger partial charge >= 0.3 is 5.97 Å². The zero-order valence-electron chi connectivity index (χ0n) is 10.3. The van der Waals surface area contributed by atoms with Gasteiger partial charge in [-0.1, -0.05) is 19.8 Å². The third kappa shape index (κ3) is 3.76. The van der Waals surface area contributed by atoms with E-state index >= 15 is 0 Å². The highest BCUT2D eigenvalue weighted by atomic mass is 16.5. The summed E-state index contributed by atoms with van der Waals surface area (Å²) in [6, 6.07) is 0.287. The van der Waals surface area contributed by atoms with Crippen LogP contribution in [0.15, 0.2) is 0 Å². The highest BCUT2D eigenvalue weighted by Gasteiger charge is 2.30. The van der Waals surface area contributed by atoms with Gasteiger partial charge in [0.15, 0.2) is 0 Å². The standard InChI is InChI=1S/C12H23NO3/c1-3-8-13(9-12(14)15)10-6-4-5-7-11(10)16-2/h10-11H,3-9H2,1-2H3,(H,14,15). The minimum absolute atomic E-state index is 0.137. The molecule has 0 radical (unpaired) electrons. The monoisotopic (exact) mass is 229 g/mol. The Morgan fingerprint density at radius 2 is 2.12 bits per heavy atom. The highest BCUT2D eigenvalue weighted by Crippen LogP contribution is 2.25. The van der Waals surface area contributed by atoms with Crippen LogP contribution in [0.3, 0.4) is 0 Å². The summed E-state index contributed by atoms with van der Waals surface area (Å²) in [5.41, 5.74) is 0. The number of aliphatic carboxylic acids is 1. The molecule has 0 heterocycles. The van der Waals surface area contributed by atoms with Crippen molar-refractivity contribution in [2.24, 2.45) is 0 Å². The van der Waals surface area contributed by atoms with E-state index in [0.29, 0.717) is 0 Å². The molecule has 4 nitrogen and oxygen atoms in total. The molecule has 1 fully saturated rings. The van der Waals surface area contributed by atoms with Crippen molar-refractivity contribution in [3.8, 4) is 0 Å². The van der Waals surface area contributed by atoms with Crippen LogP contribution < -0.4 is 0 Å². The molecule has 1 rings (SSSR count). The van der Waals surface area contributed by atoms with Crippen LogP contribution in [0, 0.1) is 0 Å². The van der Waals surface area contributed by atoms with E-state index in [9.17, 15) is 4.79 Å². The van der Waals surface area contributed by atoms with Crippen molar-refractivity contribution in [1.82, 2.24) is 4.90 Å². The first-order valence-electron chi connectivity index (χ1n) is 6.17. The van der Waals surface area contributed by atoms with Crippen molar-refractivity contribution < 1.29 is 14.6 Å². The maximum Gasteiger partial charge on any atom is 0.317 e. The van der Waals surface area contributed by atoms with Gasteiger partial charge in [0.1, 0.15) is 0 Å². The smallest absolute Gasteiger partial charge is 0.317 e. The molecular weight excluding hydrogens is 206 g/mol. The first kappa shape index (κ1) is 13.5. The SMILES string of the molecule is CCCN(CC(=O)O)C1CCCCC1OC. The number of rotatable bonds is 6. The summed E-state index contributed by atoms with van der Waals surface area (Å²) in [7, 11) is 1.73. The minimum Gasteiger partial charge on any atom is -0.480 e. The second kappa shape index (κ2) is 6.86. The minimum atomic E-state index is -0.742. The molecular formula is C12H23NO3. The zero-order chi connectivity index (χ0) is 12.0. The van der Waals surface area contributed by atoms with Crippen molar-refractivity contribution in [1.29, 1.82) is 0 Å². The van der Waals surface area contributed by atoms with E-state index in [4.69, 9.17) is 9.84 Å². The number of hydrogen-bond donors (Lipinski definition) is 1. The molecule has 1 aliphatic carbocycles. The number of nitrogens with zero attached hydrogens (tertiary/aromatic N) is 1. The summed E-state index contributed by atoms with van der Waals surface area (Å²) in [6.45, 7) is 3.06. The Bertz CT molecular complexity index is 220. The molecule has 2 unspecified atom stereocenters. The van der Waals surface area contributed by atoms with Crippen LogP contribution in [-0.2, 0) is 9.53 Å². The number of carboxylic acids is 1. The van der Waals surface area contributed by atoms with Crippen LogP contribution in [0.4, 0.5) is 0 Å². The molecule has 1 N–H and O–H groups in total. The summed E-state index contributed by atoms with van der Waals surface area (Å²) in [6.07, 6.45) is 5.69. The van der Waals surface area contributed by atoms with Gasteiger partial charge in [0.2, 0.25) is 0 Å². The largest absolute Gasteiger partial charge is 0.480 e. The number of carboxylic acid groups (broad SMARTS) is 1. The molecule has 0 spiro atoms. The molecule has 1 aliphatic rings. The fraction of sp³-hybridized carbons (Fsp3) is 0.917. The van der Waals surface area contributed by atoms with E-state index in [1.54, 1.807) is 7.11 Å². The van der Waals surface area contributed by atoms with Crippen molar-refractivity contribution in [3.63, 3.8) is 0 Å². The Balaban J connectivity index is 2.61. The lowest BCUT2D eigenvalue weighted by Gasteiger charge is -2.38. The lowest BCUT2D eigenvalue weighted by molar-refractivity contribution is -0.140. The van der Waals surface area contributed by atoms with E-state index < -0.39 is 5.97 Å². The molecule has 94 valence electrons. The number of ether oxygens (including phenoxy) is 1. The molecule has 16 heavy (non-hydrogen) atoms. The van der Waals surface area contributed by atoms with Crippen molar-refractivity contribution in [3.05, 3.63) is 0 Å². The van der Waals surface area contributed by atoms with Gasteiger partial charge in [-0.25, -0.2) is 0 Å². The molecule has 4 heteroatoms. The molecule has 0 aliphatic heterocycles. The average molecular weight is 229 g/mol. The van der Waals surface area contributed by atoms with E-state index in [0.717, 1.165) is 25.8 Å². The number of hydrogen-bond acceptors (Lipinski definition) is 3. The molecule has 0 amide bonds. The second-order valence-corrected chi connectivity index (χ2v) is 4.49. The van der Waals surface area contributed by atoms with Gasteiger partial charge in [0, 0.05) is 13.2 Å². The van der Waals surface area contributed by atoms with E-state index in [1.807, 2.05) is 0 Å². The zero-order valence-corrected chi connectivity index (χ0v) is 10.3. The summed E-state index contributed by atoms with van der Waals surface area (Å²) in [5.74, 6) is -0.742. The number of carbonyl (C=O) groups is 1. The Kier molecular flexibility index (Phi) is 5.77. The van der Waals surface area contributed by atoms with Gasteiger partial charge in [0.05, 0.1) is 12.6 Å². The van der Waals surface area contributed by atoms with Gasteiger partial charge in [0.25, 0.3) is 0 Å². The van der Waals surface area contributed by atoms with Crippen LogP contribution in [-0.4, -0.2) is 48.3 Å². The maximum atomic E-state index is 10.8. The van der Waals surface area contributed by atoms with Crippen molar-refractivity contribution in [2.45, 2.75) is 51.2 Å². The van der Waals surface area contributed by atoms with E-state index in [1.165, 1.54) is 12.8 Å². The quantitative estimate of drug-likeness (QED) is 0.753. The topological polar surface area (TPSA) is 49.8 Å². The molecule has 0 aromatic carbocycles. The first-order valence-corrected chi connectivity index (χ1v) is 6.17. The van der Waals surface area contributed by atoms with Crippen LogP contribution >= 0.6 is 0 Å². The Labute approximate surface area is 97.6 Å². The third-order valence-corrected chi connectivity index (χ3v) is 3.29. The van der Waals surface area contributed by atoms with Gasteiger partial charge in [-0.2, -0.15) is 0 Å². The highest BCUT2D eigenvalue weighted by molar-refractivity contribution is 5.69. The molecule has 0 aromatic rings. The molecule has 0 aromatic heterocycles. The summed E-state index contributed by atoms with van der Waals surface area (Å²) >= 11 is 0.